The molecular weight excluding hydrogens is 186 g/mol. The molecule has 2 aromatic rings. The molecule has 4 heteroatoms. The first-order chi connectivity index (χ1) is 6.20. The lowest BCUT2D eigenvalue weighted by Crippen LogP contribution is -1.82. The zero-order valence-electron chi connectivity index (χ0n) is 7.56. The Morgan fingerprint density at radius 1 is 1.46 bits per heavy atom. The van der Waals surface area contributed by atoms with Gasteiger partial charge >= 0.3 is 0 Å². The van der Waals surface area contributed by atoms with Crippen LogP contribution in [0.2, 0.25) is 5.15 Å². The molecule has 68 valence electrons. The molecule has 0 bridgehead atoms. The molecule has 1 N–H and O–H groups in total. The van der Waals surface area contributed by atoms with E-state index < -0.39 is 0 Å². The largest absolute Gasteiger partial charge is 0.341 e. The van der Waals surface area contributed by atoms with Gasteiger partial charge in [-0.25, -0.2) is 9.97 Å². The Bertz CT molecular complexity index is 408. The standard InChI is InChI=1S/C9H10ClN3/c1-3-7-11-6-4-5(2)8(10)13-9(6)12-7/h4H,3H2,1-2H3,(H,11,12,13). The second kappa shape index (κ2) is 3.00. The summed E-state index contributed by atoms with van der Waals surface area (Å²) in [4.78, 5) is 11.6. The summed E-state index contributed by atoms with van der Waals surface area (Å²) in [6.45, 7) is 3.98. The van der Waals surface area contributed by atoms with Gasteiger partial charge in [-0.15, -0.1) is 0 Å². The smallest absolute Gasteiger partial charge is 0.179 e. The first-order valence-corrected chi connectivity index (χ1v) is 4.60. The lowest BCUT2D eigenvalue weighted by Gasteiger charge is -1.94. The molecule has 0 aliphatic heterocycles. The summed E-state index contributed by atoms with van der Waals surface area (Å²) in [6, 6.07) is 1.97. The first kappa shape index (κ1) is 8.51. The van der Waals surface area contributed by atoms with Crippen molar-refractivity contribution in [2.75, 3.05) is 0 Å². The van der Waals surface area contributed by atoms with Crippen LogP contribution >= 0.6 is 11.6 Å². The lowest BCUT2D eigenvalue weighted by molar-refractivity contribution is 0.997. The van der Waals surface area contributed by atoms with E-state index in [1.165, 1.54) is 0 Å². The van der Waals surface area contributed by atoms with Crippen molar-refractivity contribution in [3.63, 3.8) is 0 Å². The summed E-state index contributed by atoms with van der Waals surface area (Å²) in [5.74, 6) is 0.948. The fraction of sp³-hybridized carbons (Fsp3) is 0.333. The zero-order chi connectivity index (χ0) is 9.42. The number of imidazole rings is 1. The Kier molecular flexibility index (Phi) is 1.96. The van der Waals surface area contributed by atoms with E-state index in [4.69, 9.17) is 11.6 Å². The number of nitrogens with zero attached hydrogens (tertiary/aromatic N) is 2. The minimum atomic E-state index is 0.529. The predicted octanol–water partition coefficient (Wildman–Crippen LogP) is 2.48. The van der Waals surface area contributed by atoms with Gasteiger partial charge < -0.3 is 4.98 Å². The maximum absolute atomic E-state index is 5.88. The second-order valence-corrected chi connectivity index (χ2v) is 3.36. The minimum absolute atomic E-state index is 0.529. The van der Waals surface area contributed by atoms with Gasteiger partial charge in [0.25, 0.3) is 0 Å². The van der Waals surface area contributed by atoms with Gasteiger partial charge in [0.1, 0.15) is 11.0 Å². The third-order valence-electron chi connectivity index (χ3n) is 1.99. The Hall–Kier alpha value is -1.09. The van der Waals surface area contributed by atoms with E-state index in [2.05, 4.69) is 15.0 Å². The van der Waals surface area contributed by atoms with E-state index in [9.17, 15) is 0 Å². The molecule has 0 unspecified atom stereocenters. The van der Waals surface area contributed by atoms with Gasteiger partial charge in [0, 0.05) is 6.42 Å². The van der Waals surface area contributed by atoms with Crippen LogP contribution in [0.3, 0.4) is 0 Å². The van der Waals surface area contributed by atoms with Gasteiger partial charge in [-0.2, -0.15) is 0 Å². The molecule has 2 rings (SSSR count). The number of pyridine rings is 1. The molecule has 0 saturated carbocycles. The molecule has 0 saturated heterocycles. The van der Waals surface area contributed by atoms with Crippen molar-refractivity contribution in [2.45, 2.75) is 20.3 Å². The zero-order valence-corrected chi connectivity index (χ0v) is 8.31. The molecule has 3 nitrogen and oxygen atoms in total. The summed E-state index contributed by atoms with van der Waals surface area (Å²) in [5, 5.41) is 0.529. The lowest BCUT2D eigenvalue weighted by atomic mass is 10.3. The molecule has 2 aromatic heterocycles. The fourth-order valence-corrected chi connectivity index (χ4v) is 1.37. The van der Waals surface area contributed by atoms with Crippen molar-refractivity contribution in [1.82, 2.24) is 15.0 Å². The number of nitrogens with one attached hydrogen (secondary N) is 1. The van der Waals surface area contributed by atoms with Crippen LogP contribution in [0, 0.1) is 6.92 Å². The molecule has 0 radical (unpaired) electrons. The van der Waals surface area contributed by atoms with E-state index in [0.717, 1.165) is 23.3 Å². The Labute approximate surface area is 81.2 Å². The SMILES string of the molecule is CCc1nc2nc(Cl)c(C)cc2[nH]1. The molecule has 0 aliphatic carbocycles. The number of aromatic nitrogens is 3. The normalized spacial score (nSPS) is 11.0. The minimum Gasteiger partial charge on any atom is -0.341 e. The van der Waals surface area contributed by atoms with Gasteiger partial charge in [-0.05, 0) is 18.6 Å². The summed E-state index contributed by atoms with van der Waals surface area (Å²) in [6.07, 6.45) is 0.882. The van der Waals surface area contributed by atoms with Crippen molar-refractivity contribution in [3.05, 3.63) is 22.6 Å². The third-order valence-corrected chi connectivity index (χ3v) is 2.37. The van der Waals surface area contributed by atoms with E-state index in [0.29, 0.717) is 10.8 Å². The Balaban J connectivity index is 2.70. The molecule has 0 fully saturated rings. The number of hydrogen-bond donors (Lipinski definition) is 1. The van der Waals surface area contributed by atoms with Crippen LogP contribution in [-0.4, -0.2) is 15.0 Å². The van der Waals surface area contributed by atoms with E-state index in [1.54, 1.807) is 0 Å². The number of H-pyrrole nitrogens is 1. The van der Waals surface area contributed by atoms with Gasteiger partial charge in [0.15, 0.2) is 5.65 Å². The molecular formula is C9H10ClN3. The highest BCUT2D eigenvalue weighted by molar-refractivity contribution is 6.30. The van der Waals surface area contributed by atoms with Crippen LogP contribution in [0.15, 0.2) is 6.07 Å². The molecule has 0 spiro atoms. The second-order valence-electron chi connectivity index (χ2n) is 3.00. The number of hydrogen-bond acceptors (Lipinski definition) is 2. The van der Waals surface area contributed by atoms with Gasteiger partial charge in [-0.3, -0.25) is 0 Å². The number of fused-ring (bicyclic) bond motifs is 1. The van der Waals surface area contributed by atoms with E-state index in [-0.39, 0.29) is 0 Å². The van der Waals surface area contributed by atoms with Gasteiger partial charge in [-0.1, -0.05) is 18.5 Å². The van der Waals surface area contributed by atoms with Crippen molar-refractivity contribution in [2.24, 2.45) is 0 Å². The van der Waals surface area contributed by atoms with Crippen LogP contribution < -0.4 is 0 Å². The Morgan fingerprint density at radius 3 is 2.92 bits per heavy atom. The number of rotatable bonds is 1. The molecule has 0 aromatic carbocycles. The fourth-order valence-electron chi connectivity index (χ4n) is 1.24. The van der Waals surface area contributed by atoms with Crippen LogP contribution in [0.25, 0.3) is 11.2 Å². The van der Waals surface area contributed by atoms with Crippen molar-refractivity contribution < 1.29 is 0 Å². The van der Waals surface area contributed by atoms with E-state index in [1.807, 2.05) is 19.9 Å². The highest BCUT2D eigenvalue weighted by atomic mass is 35.5. The molecule has 0 amide bonds. The maximum atomic E-state index is 5.88. The van der Waals surface area contributed by atoms with Crippen LogP contribution in [-0.2, 0) is 6.42 Å². The van der Waals surface area contributed by atoms with E-state index >= 15 is 0 Å². The average Bonchev–Trinajstić information content (AvgIpc) is 2.48. The molecule has 0 atom stereocenters. The molecule has 13 heavy (non-hydrogen) atoms. The van der Waals surface area contributed by atoms with Crippen molar-refractivity contribution >= 4 is 22.8 Å². The predicted molar refractivity (Wildman–Crippen MR) is 53.0 cm³/mol. The maximum Gasteiger partial charge on any atom is 0.179 e. The summed E-state index contributed by atoms with van der Waals surface area (Å²) < 4.78 is 0. The number of aromatic amines is 1. The van der Waals surface area contributed by atoms with Crippen LogP contribution in [0.1, 0.15) is 18.3 Å². The topological polar surface area (TPSA) is 41.6 Å². The van der Waals surface area contributed by atoms with Crippen molar-refractivity contribution in [3.8, 4) is 0 Å². The van der Waals surface area contributed by atoms with Crippen molar-refractivity contribution in [1.29, 1.82) is 0 Å². The highest BCUT2D eigenvalue weighted by Crippen LogP contribution is 2.17. The number of halogens is 1. The van der Waals surface area contributed by atoms with Crippen LogP contribution in [0.4, 0.5) is 0 Å². The highest BCUT2D eigenvalue weighted by Gasteiger charge is 2.05. The summed E-state index contributed by atoms with van der Waals surface area (Å²) in [5.41, 5.74) is 2.63. The van der Waals surface area contributed by atoms with Crippen LogP contribution in [0.5, 0.6) is 0 Å². The molecule has 2 heterocycles. The third kappa shape index (κ3) is 1.40. The monoisotopic (exact) mass is 195 g/mol. The van der Waals surface area contributed by atoms with Gasteiger partial charge in [0.05, 0.1) is 5.52 Å². The Morgan fingerprint density at radius 2 is 2.23 bits per heavy atom. The molecule has 0 aliphatic rings. The van der Waals surface area contributed by atoms with Gasteiger partial charge in [0.2, 0.25) is 0 Å². The summed E-state index contributed by atoms with van der Waals surface area (Å²) in [7, 11) is 0. The number of aryl methyl sites for hydroxylation is 2. The quantitative estimate of drug-likeness (QED) is 0.711. The average molecular weight is 196 g/mol. The first-order valence-electron chi connectivity index (χ1n) is 4.22. The summed E-state index contributed by atoms with van der Waals surface area (Å²) >= 11 is 5.88.